The molecule has 1 atom stereocenters. The molecule has 2 heteroatoms. The number of fused-ring (bicyclic) bond motifs is 1. The van der Waals surface area contributed by atoms with Gasteiger partial charge in [-0.05, 0) is 43.3 Å². The largest absolute Gasteiger partial charge is 0.309 e. The molecule has 1 N–H and O–H groups in total. The van der Waals surface area contributed by atoms with E-state index in [1.165, 1.54) is 16.5 Å². The average Bonchev–Trinajstić information content (AvgIpc) is 2.49. The molecule has 0 radical (unpaired) electrons. The Kier molecular flexibility index (Phi) is 3.48. The van der Waals surface area contributed by atoms with Crippen LogP contribution in [-0.4, -0.2) is 12.0 Å². The van der Waals surface area contributed by atoms with Gasteiger partial charge in [0.25, 0.3) is 0 Å². The highest BCUT2D eigenvalue weighted by atomic mass is 14.9. The molecule has 0 saturated heterocycles. The summed E-state index contributed by atoms with van der Waals surface area (Å²) in [5.41, 5.74) is 4.64. The molecule has 1 heterocycles. The fourth-order valence-electron chi connectivity index (χ4n) is 2.60. The number of nitrogens with zero attached hydrogens (tertiary/aromatic N) is 1. The Morgan fingerprint density at radius 3 is 2.45 bits per heavy atom. The van der Waals surface area contributed by atoms with Crippen LogP contribution in [0.5, 0.6) is 0 Å². The normalized spacial score (nSPS) is 12.5. The van der Waals surface area contributed by atoms with Crippen LogP contribution in [0, 0.1) is 6.92 Å². The van der Waals surface area contributed by atoms with Crippen LogP contribution < -0.4 is 5.32 Å². The van der Waals surface area contributed by atoms with Crippen LogP contribution in [0.1, 0.15) is 22.9 Å². The molecule has 2 nitrogen and oxygen atoms in total. The van der Waals surface area contributed by atoms with E-state index in [1.807, 2.05) is 20.0 Å². The molecule has 0 bridgehead atoms. The zero-order valence-corrected chi connectivity index (χ0v) is 11.8. The number of pyridine rings is 1. The molecule has 3 aromatic rings. The van der Waals surface area contributed by atoms with Crippen LogP contribution >= 0.6 is 0 Å². The van der Waals surface area contributed by atoms with Crippen LogP contribution in [0.3, 0.4) is 0 Å². The first-order valence-corrected chi connectivity index (χ1v) is 6.87. The number of benzene rings is 2. The van der Waals surface area contributed by atoms with Crippen molar-refractivity contribution in [2.24, 2.45) is 0 Å². The van der Waals surface area contributed by atoms with Crippen LogP contribution in [0.15, 0.2) is 60.7 Å². The Bertz CT molecular complexity index is 720. The number of rotatable bonds is 3. The summed E-state index contributed by atoms with van der Waals surface area (Å²) in [7, 11) is 2.00. The van der Waals surface area contributed by atoms with Crippen LogP contribution in [0.4, 0.5) is 0 Å². The number of hydrogen-bond acceptors (Lipinski definition) is 2. The molecule has 2 aromatic carbocycles. The molecule has 0 amide bonds. The Labute approximate surface area is 119 Å². The number of aryl methyl sites for hydroxylation is 1. The predicted octanol–water partition coefficient (Wildman–Crippen LogP) is 3.85. The van der Waals surface area contributed by atoms with Gasteiger partial charge >= 0.3 is 0 Å². The van der Waals surface area contributed by atoms with Gasteiger partial charge in [0, 0.05) is 11.1 Å². The molecule has 3 rings (SSSR count). The van der Waals surface area contributed by atoms with E-state index in [9.17, 15) is 0 Å². The van der Waals surface area contributed by atoms with Gasteiger partial charge in [-0.3, -0.25) is 4.98 Å². The quantitative estimate of drug-likeness (QED) is 0.775. The summed E-state index contributed by atoms with van der Waals surface area (Å²) in [6, 6.07) is 21.4. The molecule has 0 fully saturated rings. The van der Waals surface area contributed by atoms with E-state index in [2.05, 4.69) is 64.9 Å². The smallest absolute Gasteiger partial charge is 0.0705 e. The van der Waals surface area contributed by atoms with Crippen molar-refractivity contribution in [1.82, 2.24) is 10.3 Å². The third-order valence-electron chi connectivity index (χ3n) is 3.61. The van der Waals surface area contributed by atoms with Crippen LogP contribution in [0.25, 0.3) is 10.9 Å². The first kappa shape index (κ1) is 12.8. The Morgan fingerprint density at radius 1 is 0.900 bits per heavy atom. The van der Waals surface area contributed by atoms with E-state index in [0.29, 0.717) is 0 Å². The number of aromatic nitrogens is 1. The van der Waals surface area contributed by atoms with Gasteiger partial charge in [-0.1, -0.05) is 42.5 Å². The van der Waals surface area contributed by atoms with Gasteiger partial charge in [0.15, 0.2) is 0 Å². The summed E-state index contributed by atoms with van der Waals surface area (Å²) < 4.78 is 0. The Hall–Kier alpha value is -2.19. The molecule has 0 spiro atoms. The van der Waals surface area contributed by atoms with Gasteiger partial charge in [-0.25, -0.2) is 0 Å². The highest BCUT2D eigenvalue weighted by molar-refractivity contribution is 5.79. The standard InChI is InChI=1S/C18H18N2/c1-13-8-9-15-12-16(10-11-17(15)20-13)18(19-2)14-6-4-3-5-7-14/h3-12,18-19H,1-2H3. The van der Waals surface area contributed by atoms with Crippen molar-refractivity contribution in [3.05, 3.63) is 77.5 Å². The lowest BCUT2D eigenvalue weighted by atomic mass is 9.97. The molecule has 100 valence electrons. The average molecular weight is 262 g/mol. The lowest BCUT2D eigenvalue weighted by Crippen LogP contribution is -2.17. The van der Waals surface area contributed by atoms with Gasteiger partial charge in [0.2, 0.25) is 0 Å². The summed E-state index contributed by atoms with van der Waals surface area (Å²) in [4.78, 5) is 4.55. The zero-order valence-electron chi connectivity index (χ0n) is 11.8. The zero-order chi connectivity index (χ0) is 13.9. The van der Waals surface area contributed by atoms with Crippen molar-refractivity contribution in [3.63, 3.8) is 0 Å². The summed E-state index contributed by atoms with van der Waals surface area (Å²) in [6.45, 7) is 2.02. The second-order valence-corrected chi connectivity index (χ2v) is 5.04. The summed E-state index contributed by atoms with van der Waals surface area (Å²) in [5.74, 6) is 0. The maximum absolute atomic E-state index is 4.55. The van der Waals surface area contributed by atoms with Gasteiger partial charge < -0.3 is 5.32 Å². The van der Waals surface area contributed by atoms with Gasteiger partial charge in [0.05, 0.1) is 11.6 Å². The molecule has 20 heavy (non-hydrogen) atoms. The van der Waals surface area contributed by atoms with Crippen molar-refractivity contribution in [2.45, 2.75) is 13.0 Å². The molecular formula is C18H18N2. The van der Waals surface area contributed by atoms with Gasteiger partial charge in [-0.15, -0.1) is 0 Å². The van der Waals surface area contributed by atoms with E-state index < -0.39 is 0 Å². The van der Waals surface area contributed by atoms with E-state index in [0.717, 1.165) is 11.2 Å². The maximum atomic E-state index is 4.55. The second-order valence-electron chi connectivity index (χ2n) is 5.04. The highest BCUT2D eigenvalue weighted by Crippen LogP contribution is 2.24. The fourth-order valence-corrected chi connectivity index (χ4v) is 2.60. The fraction of sp³-hybridized carbons (Fsp3) is 0.167. The third kappa shape index (κ3) is 2.43. The minimum absolute atomic E-state index is 0.210. The molecule has 0 aliphatic heterocycles. The number of nitrogens with one attached hydrogen (secondary N) is 1. The van der Waals surface area contributed by atoms with E-state index >= 15 is 0 Å². The Balaban J connectivity index is 2.06. The topological polar surface area (TPSA) is 24.9 Å². The SMILES string of the molecule is CNC(c1ccccc1)c1ccc2nc(C)ccc2c1. The number of hydrogen-bond donors (Lipinski definition) is 1. The van der Waals surface area contributed by atoms with Gasteiger partial charge in [0.1, 0.15) is 0 Å². The van der Waals surface area contributed by atoms with E-state index in [1.54, 1.807) is 0 Å². The second kappa shape index (κ2) is 5.43. The molecule has 1 unspecified atom stereocenters. The van der Waals surface area contributed by atoms with E-state index in [-0.39, 0.29) is 6.04 Å². The van der Waals surface area contributed by atoms with Crippen LogP contribution in [-0.2, 0) is 0 Å². The Morgan fingerprint density at radius 2 is 1.70 bits per heavy atom. The summed E-state index contributed by atoms with van der Waals surface area (Å²) >= 11 is 0. The van der Waals surface area contributed by atoms with Crippen molar-refractivity contribution in [2.75, 3.05) is 7.05 Å². The lowest BCUT2D eigenvalue weighted by molar-refractivity contribution is 0.693. The molecule has 0 aliphatic carbocycles. The molecule has 1 aromatic heterocycles. The van der Waals surface area contributed by atoms with E-state index in [4.69, 9.17) is 0 Å². The third-order valence-corrected chi connectivity index (χ3v) is 3.61. The minimum atomic E-state index is 0.210. The molecule has 0 saturated carbocycles. The highest BCUT2D eigenvalue weighted by Gasteiger charge is 2.11. The summed E-state index contributed by atoms with van der Waals surface area (Å²) in [6.07, 6.45) is 0. The summed E-state index contributed by atoms with van der Waals surface area (Å²) in [5, 5.41) is 4.57. The molecule has 0 aliphatic rings. The monoisotopic (exact) mass is 262 g/mol. The van der Waals surface area contributed by atoms with Gasteiger partial charge in [-0.2, -0.15) is 0 Å². The minimum Gasteiger partial charge on any atom is -0.309 e. The first-order chi connectivity index (χ1) is 9.78. The van der Waals surface area contributed by atoms with Crippen molar-refractivity contribution < 1.29 is 0 Å². The van der Waals surface area contributed by atoms with Crippen molar-refractivity contribution in [3.8, 4) is 0 Å². The molecular weight excluding hydrogens is 244 g/mol. The maximum Gasteiger partial charge on any atom is 0.0705 e. The predicted molar refractivity (Wildman–Crippen MR) is 83.8 cm³/mol. The lowest BCUT2D eigenvalue weighted by Gasteiger charge is -2.17. The van der Waals surface area contributed by atoms with Crippen LogP contribution in [0.2, 0.25) is 0 Å². The first-order valence-electron chi connectivity index (χ1n) is 6.87. The van der Waals surface area contributed by atoms with Crippen molar-refractivity contribution >= 4 is 10.9 Å². The van der Waals surface area contributed by atoms with Crippen molar-refractivity contribution in [1.29, 1.82) is 0 Å².